The zero-order valence-electron chi connectivity index (χ0n) is 15.0. The van der Waals surface area contributed by atoms with Crippen molar-refractivity contribution in [1.29, 1.82) is 0 Å². The molecule has 0 radical (unpaired) electrons. The van der Waals surface area contributed by atoms with Crippen molar-refractivity contribution >= 4 is 11.9 Å². The van der Waals surface area contributed by atoms with Crippen LogP contribution in [-0.2, 0) is 20.7 Å². The Morgan fingerprint density at radius 1 is 1.40 bits per heavy atom. The number of aliphatic hydroxyl groups is 1. The molecule has 1 aliphatic heterocycles. The van der Waals surface area contributed by atoms with E-state index in [1.54, 1.807) is 20.1 Å². The van der Waals surface area contributed by atoms with Crippen LogP contribution < -0.4 is 4.74 Å². The highest BCUT2D eigenvalue weighted by molar-refractivity contribution is 5.95. The first kappa shape index (κ1) is 19.0. The van der Waals surface area contributed by atoms with Crippen molar-refractivity contribution in [1.82, 2.24) is 0 Å². The summed E-state index contributed by atoms with van der Waals surface area (Å²) >= 11 is 0. The Hall–Kier alpha value is -2.34. The maximum atomic E-state index is 11.9. The van der Waals surface area contributed by atoms with E-state index < -0.39 is 12.3 Å². The van der Waals surface area contributed by atoms with Gasteiger partial charge in [0.2, 0.25) is 6.29 Å². The molecule has 1 N–H and O–H groups in total. The maximum absolute atomic E-state index is 11.9. The van der Waals surface area contributed by atoms with Gasteiger partial charge in [0.1, 0.15) is 5.75 Å². The van der Waals surface area contributed by atoms with Crippen LogP contribution in [0.5, 0.6) is 5.75 Å². The van der Waals surface area contributed by atoms with Crippen molar-refractivity contribution in [2.75, 3.05) is 13.7 Å². The Labute approximate surface area is 147 Å². The molecule has 0 amide bonds. The smallest absolute Gasteiger partial charge is 0.341 e. The highest BCUT2D eigenvalue weighted by atomic mass is 16.6. The number of hydrogen-bond acceptors (Lipinski definition) is 6. The number of rotatable bonds is 7. The van der Waals surface area contributed by atoms with Crippen LogP contribution in [0.15, 0.2) is 17.7 Å². The number of carbonyl (C=O) groups excluding carboxylic acids is 2. The predicted octanol–water partition coefficient (Wildman–Crippen LogP) is 3.00. The molecule has 0 spiro atoms. The summed E-state index contributed by atoms with van der Waals surface area (Å²) in [6.45, 7) is 5.93. The average molecular weight is 348 g/mol. The number of carbonyl (C=O) groups is 2. The van der Waals surface area contributed by atoms with E-state index in [0.29, 0.717) is 42.7 Å². The Bertz CT molecular complexity index is 704. The van der Waals surface area contributed by atoms with Gasteiger partial charge in [0.05, 0.1) is 19.3 Å². The molecular formula is C19H24O6. The number of aliphatic hydroxyl groups excluding tert-OH is 1. The molecular weight excluding hydrogens is 324 g/mol. The lowest BCUT2D eigenvalue weighted by Crippen LogP contribution is -2.05. The number of allylic oxidation sites excluding steroid dienone is 2. The molecule has 6 nitrogen and oxygen atoms in total. The quantitative estimate of drug-likeness (QED) is 0.602. The van der Waals surface area contributed by atoms with E-state index in [4.69, 9.17) is 14.2 Å². The summed E-state index contributed by atoms with van der Waals surface area (Å²) in [4.78, 5) is 23.3. The van der Waals surface area contributed by atoms with Crippen LogP contribution in [0.2, 0.25) is 0 Å². The van der Waals surface area contributed by atoms with Crippen molar-refractivity contribution in [2.24, 2.45) is 0 Å². The summed E-state index contributed by atoms with van der Waals surface area (Å²) in [5.74, 6) is -0.123. The zero-order valence-corrected chi connectivity index (χ0v) is 15.0. The van der Waals surface area contributed by atoms with Gasteiger partial charge in [-0.25, -0.2) is 4.79 Å². The SMILES string of the molecule is CCOC(=O)CC/C(C)=C/Cc1c(OC)c(C)cc2c1C(O)OC2=O. The normalized spacial score (nSPS) is 16.4. The third-order valence-corrected chi connectivity index (χ3v) is 4.18. The monoisotopic (exact) mass is 348 g/mol. The molecule has 0 saturated carbocycles. The maximum Gasteiger partial charge on any atom is 0.341 e. The van der Waals surface area contributed by atoms with Gasteiger partial charge in [0, 0.05) is 17.5 Å². The Kier molecular flexibility index (Phi) is 6.20. The summed E-state index contributed by atoms with van der Waals surface area (Å²) < 4.78 is 15.3. The van der Waals surface area contributed by atoms with Gasteiger partial charge >= 0.3 is 11.9 Å². The summed E-state index contributed by atoms with van der Waals surface area (Å²) in [6.07, 6.45) is 2.07. The number of methoxy groups -OCH3 is 1. The molecule has 6 heteroatoms. The highest BCUT2D eigenvalue weighted by Crippen LogP contribution is 2.39. The van der Waals surface area contributed by atoms with Crippen molar-refractivity contribution in [3.8, 4) is 5.75 Å². The van der Waals surface area contributed by atoms with Gasteiger partial charge < -0.3 is 19.3 Å². The fourth-order valence-corrected chi connectivity index (χ4v) is 2.96. The van der Waals surface area contributed by atoms with Gasteiger partial charge in [-0.1, -0.05) is 11.6 Å². The number of benzene rings is 1. The molecule has 1 aliphatic rings. The molecule has 1 aromatic rings. The van der Waals surface area contributed by atoms with Crippen LogP contribution in [-0.4, -0.2) is 30.8 Å². The third kappa shape index (κ3) is 4.20. The molecule has 0 aromatic heterocycles. The van der Waals surface area contributed by atoms with Crippen molar-refractivity contribution in [2.45, 2.75) is 46.3 Å². The minimum atomic E-state index is -1.28. The molecule has 136 valence electrons. The number of aryl methyl sites for hydroxylation is 1. The lowest BCUT2D eigenvalue weighted by Gasteiger charge is -2.15. The minimum Gasteiger partial charge on any atom is -0.496 e. The van der Waals surface area contributed by atoms with E-state index in [1.165, 1.54) is 0 Å². The van der Waals surface area contributed by atoms with Crippen LogP contribution in [0, 0.1) is 6.92 Å². The predicted molar refractivity (Wildman–Crippen MR) is 91.4 cm³/mol. The topological polar surface area (TPSA) is 82.1 Å². The lowest BCUT2D eigenvalue weighted by molar-refractivity contribution is -0.143. The largest absolute Gasteiger partial charge is 0.496 e. The van der Waals surface area contributed by atoms with E-state index in [-0.39, 0.29) is 5.97 Å². The number of fused-ring (bicyclic) bond motifs is 1. The summed E-state index contributed by atoms with van der Waals surface area (Å²) in [7, 11) is 1.56. The van der Waals surface area contributed by atoms with Gasteiger partial charge in [-0.15, -0.1) is 0 Å². The Balaban J connectivity index is 2.24. The minimum absolute atomic E-state index is 0.223. The summed E-state index contributed by atoms with van der Waals surface area (Å²) in [5.41, 5.74) is 3.39. The summed E-state index contributed by atoms with van der Waals surface area (Å²) in [6, 6.07) is 1.67. The zero-order chi connectivity index (χ0) is 18.6. The van der Waals surface area contributed by atoms with Gasteiger partial charge in [0.25, 0.3) is 0 Å². The van der Waals surface area contributed by atoms with E-state index in [1.807, 2.05) is 19.9 Å². The van der Waals surface area contributed by atoms with E-state index in [2.05, 4.69) is 0 Å². The van der Waals surface area contributed by atoms with Crippen LogP contribution in [0.3, 0.4) is 0 Å². The second-order valence-corrected chi connectivity index (χ2v) is 5.98. The second kappa shape index (κ2) is 8.16. The Morgan fingerprint density at radius 2 is 2.12 bits per heavy atom. The molecule has 1 unspecified atom stereocenters. The molecule has 0 fully saturated rings. The van der Waals surface area contributed by atoms with E-state index >= 15 is 0 Å². The Morgan fingerprint density at radius 3 is 2.76 bits per heavy atom. The van der Waals surface area contributed by atoms with Crippen LogP contribution in [0.1, 0.15) is 60.0 Å². The number of cyclic esters (lactones) is 1. The van der Waals surface area contributed by atoms with E-state index in [9.17, 15) is 14.7 Å². The summed E-state index contributed by atoms with van der Waals surface area (Å²) in [5, 5.41) is 10.1. The number of hydrogen-bond donors (Lipinski definition) is 1. The first-order valence-corrected chi connectivity index (χ1v) is 8.29. The van der Waals surface area contributed by atoms with Gasteiger partial charge in [-0.3, -0.25) is 4.79 Å². The van der Waals surface area contributed by atoms with Crippen LogP contribution in [0.4, 0.5) is 0 Å². The number of esters is 2. The molecule has 0 bridgehead atoms. The van der Waals surface area contributed by atoms with Gasteiger partial charge in [-0.2, -0.15) is 0 Å². The molecule has 0 saturated heterocycles. The molecule has 1 aromatic carbocycles. The first-order valence-electron chi connectivity index (χ1n) is 8.29. The van der Waals surface area contributed by atoms with Crippen molar-refractivity contribution in [3.63, 3.8) is 0 Å². The molecule has 25 heavy (non-hydrogen) atoms. The fraction of sp³-hybridized carbons (Fsp3) is 0.474. The average Bonchev–Trinajstić information content (AvgIpc) is 2.84. The van der Waals surface area contributed by atoms with Crippen LogP contribution in [0.25, 0.3) is 0 Å². The fourth-order valence-electron chi connectivity index (χ4n) is 2.96. The number of ether oxygens (including phenoxy) is 3. The second-order valence-electron chi connectivity index (χ2n) is 5.98. The molecule has 1 heterocycles. The third-order valence-electron chi connectivity index (χ3n) is 4.18. The van der Waals surface area contributed by atoms with Gasteiger partial charge in [-0.05, 0) is 45.2 Å². The van der Waals surface area contributed by atoms with Crippen molar-refractivity contribution < 1.29 is 28.9 Å². The first-order chi connectivity index (χ1) is 11.9. The molecule has 0 aliphatic carbocycles. The standard InChI is InChI=1S/C19H24O6/c1-5-24-15(20)9-7-11(2)6-8-13-16-14(18(21)25-19(16)22)10-12(3)17(13)23-4/h6,10,19,22H,5,7-9H2,1-4H3/b11-6+. The highest BCUT2D eigenvalue weighted by Gasteiger charge is 2.34. The molecule has 1 atom stereocenters. The van der Waals surface area contributed by atoms with Crippen LogP contribution >= 0.6 is 0 Å². The lowest BCUT2D eigenvalue weighted by atomic mass is 9.94. The van der Waals surface area contributed by atoms with Crippen molar-refractivity contribution in [3.05, 3.63) is 40.0 Å². The molecule has 2 rings (SSSR count). The van der Waals surface area contributed by atoms with Gasteiger partial charge in [0.15, 0.2) is 0 Å². The van der Waals surface area contributed by atoms with E-state index in [0.717, 1.165) is 16.7 Å².